The number of unbranched alkanes of at least 4 members (excludes halogenated alkanes) is 4. The normalized spacial score (nSPS) is 14.1. The number of hydrogen-bond donors (Lipinski definition) is 2. The van der Waals surface area contributed by atoms with Crippen LogP contribution < -0.4 is 0 Å². The van der Waals surface area contributed by atoms with Crippen LogP contribution in [0.1, 0.15) is 52.4 Å². The van der Waals surface area contributed by atoms with Crippen LogP contribution in [0, 0.1) is 0 Å². The number of hydrogen-bond acceptors (Lipinski definition) is 4. The second-order valence-corrected chi connectivity index (χ2v) is 4.19. The van der Waals surface area contributed by atoms with E-state index in [-0.39, 0.29) is 11.3 Å². The Bertz CT molecular complexity index is 256. The van der Waals surface area contributed by atoms with E-state index in [0.717, 1.165) is 19.3 Å². The summed E-state index contributed by atoms with van der Waals surface area (Å²) in [6.45, 7) is 3.58. The Hall–Kier alpha value is -1.03. The second-order valence-electron chi connectivity index (χ2n) is 4.19. The van der Waals surface area contributed by atoms with Crippen LogP contribution in [0.3, 0.4) is 0 Å². The molecule has 0 saturated heterocycles. The van der Waals surface area contributed by atoms with Crippen LogP contribution in [0.5, 0.6) is 0 Å². The fraction of sp³-hybridized carbons (Fsp3) is 0.769. The van der Waals surface area contributed by atoms with Gasteiger partial charge in [0.1, 0.15) is 11.3 Å². The lowest BCUT2D eigenvalue weighted by Crippen LogP contribution is -2.18. The highest BCUT2D eigenvalue weighted by Gasteiger charge is 2.20. The topological polar surface area (TPSA) is 66.8 Å². The highest BCUT2D eigenvalue weighted by atomic mass is 16.5. The molecule has 0 aliphatic carbocycles. The van der Waals surface area contributed by atoms with Gasteiger partial charge in [-0.2, -0.15) is 0 Å². The van der Waals surface area contributed by atoms with Gasteiger partial charge in [0.2, 0.25) is 0 Å². The van der Waals surface area contributed by atoms with Crippen molar-refractivity contribution in [1.29, 1.82) is 0 Å². The lowest BCUT2D eigenvalue weighted by atomic mass is 10.0. The Balaban J connectivity index is 4.27. The minimum Gasteiger partial charge on any atom is -0.512 e. The molecule has 1 atom stereocenters. The summed E-state index contributed by atoms with van der Waals surface area (Å²) in [4.78, 5) is 11.3. The van der Waals surface area contributed by atoms with Gasteiger partial charge in [-0.15, -0.1) is 0 Å². The van der Waals surface area contributed by atoms with E-state index in [1.165, 1.54) is 26.9 Å². The monoisotopic (exact) mass is 244 g/mol. The first-order chi connectivity index (χ1) is 8.04. The number of aliphatic hydroxyl groups is 2. The van der Waals surface area contributed by atoms with Gasteiger partial charge < -0.3 is 14.9 Å². The number of methoxy groups -OCH3 is 1. The molecular weight excluding hydrogens is 220 g/mol. The molecule has 0 amide bonds. The summed E-state index contributed by atoms with van der Waals surface area (Å²) in [5.41, 5.74) is -0.0250. The SMILES string of the molecule is CCCCCCC/C(O)=C(\C(=O)OC)C(C)O. The summed E-state index contributed by atoms with van der Waals surface area (Å²) < 4.78 is 4.52. The lowest BCUT2D eigenvalue weighted by molar-refractivity contribution is -0.137. The van der Waals surface area contributed by atoms with Crippen molar-refractivity contribution >= 4 is 5.97 Å². The van der Waals surface area contributed by atoms with Gasteiger partial charge in [-0.3, -0.25) is 0 Å². The van der Waals surface area contributed by atoms with E-state index in [0.29, 0.717) is 6.42 Å². The molecule has 2 N–H and O–H groups in total. The standard InChI is InChI=1S/C13H24O4/c1-4-5-6-7-8-9-11(15)12(10(2)14)13(16)17-3/h10,14-15H,4-9H2,1-3H3/b12-11+. The molecule has 4 heteroatoms. The van der Waals surface area contributed by atoms with Crippen molar-refractivity contribution in [2.75, 3.05) is 7.11 Å². The van der Waals surface area contributed by atoms with Gasteiger partial charge in [0.05, 0.1) is 13.2 Å². The summed E-state index contributed by atoms with van der Waals surface area (Å²) in [5.74, 6) is -0.714. The number of aliphatic hydroxyl groups excluding tert-OH is 2. The quantitative estimate of drug-likeness (QED) is 0.298. The molecule has 0 aliphatic rings. The Labute approximate surface area is 103 Å². The number of rotatable bonds is 8. The average Bonchev–Trinajstić information content (AvgIpc) is 2.28. The zero-order chi connectivity index (χ0) is 13.3. The first kappa shape index (κ1) is 16.0. The van der Waals surface area contributed by atoms with Crippen molar-refractivity contribution in [3.63, 3.8) is 0 Å². The van der Waals surface area contributed by atoms with Crippen LogP contribution in [0.2, 0.25) is 0 Å². The number of carbonyl (C=O) groups excluding carboxylic acids is 1. The van der Waals surface area contributed by atoms with E-state index >= 15 is 0 Å². The molecule has 0 heterocycles. The van der Waals surface area contributed by atoms with Crippen molar-refractivity contribution in [2.24, 2.45) is 0 Å². The van der Waals surface area contributed by atoms with E-state index in [2.05, 4.69) is 11.7 Å². The second kappa shape index (κ2) is 9.05. The Kier molecular flexibility index (Phi) is 8.50. The zero-order valence-electron chi connectivity index (χ0n) is 11.0. The molecule has 0 saturated carbocycles. The van der Waals surface area contributed by atoms with Gasteiger partial charge in [0, 0.05) is 6.42 Å². The molecule has 17 heavy (non-hydrogen) atoms. The first-order valence-corrected chi connectivity index (χ1v) is 6.22. The van der Waals surface area contributed by atoms with Gasteiger partial charge in [-0.05, 0) is 13.3 Å². The molecule has 0 aromatic rings. The van der Waals surface area contributed by atoms with Crippen molar-refractivity contribution in [3.8, 4) is 0 Å². The highest BCUT2D eigenvalue weighted by Crippen LogP contribution is 2.16. The fourth-order valence-corrected chi connectivity index (χ4v) is 1.67. The van der Waals surface area contributed by atoms with Crippen LogP contribution in [0.25, 0.3) is 0 Å². The van der Waals surface area contributed by atoms with Gasteiger partial charge in [0.25, 0.3) is 0 Å². The first-order valence-electron chi connectivity index (χ1n) is 6.22. The Morgan fingerprint density at radius 1 is 1.24 bits per heavy atom. The van der Waals surface area contributed by atoms with E-state index in [9.17, 15) is 15.0 Å². The van der Waals surface area contributed by atoms with Gasteiger partial charge in [-0.1, -0.05) is 32.6 Å². The maximum atomic E-state index is 11.3. The average molecular weight is 244 g/mol. The van der Waals surface area contributed by atoms with Crippen LogP contribution in [0.4, 0.5) is 0 Å². The molecule has 0 aliphatic heterocycles. The lowest BCUT2D eigenvalue weighted by Gasteiger charge is -2.11. The molecule has 0 fully saturated rings. The third-order valence-electron chi connectivity index (χ3n) is 2.65. The molecule has 100 valence electrons. The molecule has 0 bridgehead atoms. The Morgan fingerprint density at radius 2 is 1.82 bits per heavy atom. The molecule has 1 unspecified atom stereocenters. The van der Waals surface area contributed by atoms with Crippen LogP contribution in [-0.2, 0) is 9.53 Å². The molecule has 0 aromatic carbocycles. The number of esters is 1. The molecule has 0 spiro atoms. The number of ether oxygens (including phenoxy) is 1. The zero-order valence-corrected chi connectivity index (χ0v) is 11.0. The maximum Gasteiger partial charge on any atom is 0.339 e. The minimum absolute atomic E-state index is 0.0250. The van der Waals surface area contributed by atoms with Crippen molar-refractivity contribution < 1.29 is 19.7 Å². The fourth-order valence-electron chi connectivity index (χ4n) is 1.67. The predicted octanol–water partition coefficient (Wildman–Crippen LogP) is 2.71. The largest absolute Gasteiger partial charge is 0.512 e. The maximum absolute atomic E-state index is 11.3. The molecule has 0 rings (SSSR count). The number of carbonyl (C=O) groups is 1. The molecule has 0 aromatic heterocycles. The summed E-state index contributed by atoms with van der Waals surface area (Å²) in [6, 6.07) is 0. The highest BCUT2D eigenvalue weighted by molar-refractivity contribution is 5.89. The van der Waals surface area contributed by atoms with Crippen LogP contribution in [0.15, 0.2) is 11.3 Å². The van der Waals surface area contributed by atoms with E-state index in [1.54, 1.807) is 0 Å². The third kappa shape index (κ3) is 6.31. The van der Waals surface area contributed by atoms with E-state index in [1.807, 2.05) is 0 Å². The number of allylic oxidation sites excluding steroid dienone is 1. The summed E-state index contributed by atoms with van der Waals surface area (Å²) in [7, 11) is 1.24. The molecule has 0 radical (unpaired) electrons. The van der Waals surface area contributed by atoms with Gasteiger partial charge >= 0.3 is 5.97 Å². The van der Waals surface area contributed by atoms with Gasteiger partial charge in [0.15, 0.2) is 0 Å². The molecule has 4 nitrogen and oxygen atoms in total. The predicted molar refractivity (Wildman–Crippen MR) is 66.7 cm³/mol. The van der Waals surface area contributed by atoms with E-state index < -0.39 is 12.1 Å². The van der Waals surface area contributed by atoms with E-state index in [4.69, 9.17) is 0 Å². The Morgan fingerprint density at radius 3 is 2.29 bits per heavy atom. The van der Waals surface area contributed by atoms with Crippen LogP contribution in [-0.4, -0.2) is 29.4 Å². The van der Waals surface area contributed by atoms with Crippen molar-refractivity contribution in [3.05, 3.63) is 11.3 Å². The van der Waals surface area contributed by atoms with Gasteiger partial charge in [-0.25, -0.2) is 4.79 Å². The summed E-state index contributed by atoms with van der Waals surface area (Å²) in [6.07, 6.45) is 4.74. The summed E-state index contributed by atoms with van der Waals surface area (Å²) >= 11 is 0. The van der Waals surface area contributed by atoms with Crippen LogP contribution >= 0.6 is 0 Å². The van der Waals surface area contributed by atoms with Crippen molar-refractivity contribution in [2.45, 2.75) is 58.5 Å². The molecular formula is C13H24O4. The summed E-state index contributed by atoms with van der Waals surface area (Å²) in [5, 5.41) is 19.2. The third-order valence-corrected chi connectivity index (χ3v) is 2.65. The van der Waals surface area contributed by atoms with Crippen molar-refractivity contribution in [1.82, 2.24) is 0 Å². The minimum atomic E-state index is -1.00. The smallest absolute Gasteiger partial charge is 0.339 e.